The third-order valence-electron chi connectivity index (χ3n) is 3.23. The van der Waals surface area contributed by atoms with Crippen LogP contribution in [0.15, 0.2) is 35.1 Å². The van der Waals surface area contributed by atoms with Gasteiger partial charge in [-0.25, -0.2) is 0 Å². The van der Waals surface area contributed by atoms with Gasteiger partial charge in [0.05, 0.1) is 0 Å². The minimum absolute atomic E-state index is 0.0153. The summed E-state index contributed by atoms with van der Waals surface area (Å²) in [7, 11) is 0. The molecule has 2 aromatic rings. The van der Waals surface area contributed by atoms with Crippen molar-refractivity contribution in [1.82, 2.24) is 10.3 Å². The molecule has 0 spiro atoms. The number of nitrogens with one attached hydrogen (secondary N) is 2. The van der Waals surface area contributed by atoms with E-state index in [4.69, 9.17) is 0 Å². The Morgan fingerprint density at radius 1 is 1.16 bits per heavy atom. The third kappa shape index (κ3) is 3.12. The average molecular weight is 256 g/mol. The zero-order valence-corrected chi connectivity index (χ0v) is 11.7. The summed E-state index contributed by atoms with van der Waals surface area (Å²) in [5.41, 5.74) is 5.12. The smallest absolute Gasteiger partial charge is 0.252 e. The third-order valence-corrected chi connectivity index (χ3v) is 3.23. The maximum absolute atomic E-state index is 12.0. The van der Waals surface area contributed by atoms with Crippen LogP contribution in [-0.2, 0) is 6.54 Å². The van der Waals surface area contributed by atoms with Crippen molar-refractivity contribution in [3.63, 3.8) is 0 Å². The summed E-state index contributed by atoms with van der Waals surface area (Å²) >= 11 is 0. The van der Waals surface area contributed by atoms with Gasteiger partial charge < -0.3 is 10.3 Å². The summed E-state index contributed by atoms with van der Waals surface area (Å²) in [6, 6.07) is 10.1. The van der Waals surface area contributed by atoms with Gasteiger partial charge in [0.2, 0.25) is 0 Å². The molecule has 0 aliphatic carbocycles. The zero-order chi connectivity index (χ0) is 13.8. The van der Waals surface area contributed by atoms with Crippen LogP contribution in [0.5, 0.6) is 0 Å². The van der Waals surface area contributed by atoms with E-state index in [1.165, 1.54) is 11.1 Å². The average Bonchev–Trinajstić information content (AvgIpc) is 2.37. The molecule has 0 aliphatic heterocycles. The summed E-state index contributed by atoms with van der Waals surface area (Å²) in [6.07, 6.45) is 0. The quantitative estimate of drug-likeness (QED) is 0.883. The standard InChI is InChI=1S/C16H20N2O/c1-4-17-10-13-6-8-15(18-16(13)19)14-7-5-11(2)9-12(14)3/h5-9,17H,4,10H2,1-3H3,(H,18,19). The van der Waals surface area contributed by atoms with E-state index in [1.54, 1.807) is 0 Å². The molecule has 3 heteroatoms. The van der Waals surface area contributed by atoms with Gasteiger partial charge in [0.1, 0.15) is 0 Å². The fourth-order valence-electron chi connectivity index (χ4n) is 2.18. The molecule has 0 radical (unpaired) electrons. The van der Waals surface area contributed by atoms with Gasteiger partial charge in [-0.1, -0.05) is 36.8 Å². The second kappa shape index (κ2) is 5.85. The van der Waals surface area contributed by atoms with Crippen LogP contribution < -0.4 is 10.9 Å². The first kappa shape index (κ1) is 13.6. The molecule has 0 atom stereocenters. The predicted molar refractivity (Wildman–Crippen MR) is 79.4 cm³/mol. The van der Waals surface area contributed by atoms with Crippen LogP contribution in [-0.4, -0.2) is 11.5 Å². The van der Waals surface area contributed by atoms with E-state index in [1.807, 2.05) is 19.1 Å². The van der Waals surface area contributed by atoms with E-state index < -0.39 is 0 Å². The Morgan fingerprint density at radius 3 is 2.58 bits per heavy atom. The van der Waals surface area contributed by atoms with Crippen LogP contribution in [0.25, 0.3) is 11.3 Å². The minimum atomic E-state index is -0.0153. The van der Waals surface area contributed by atoms with E-state index in [2.05, 4.69) is 42.3 Å². The fourth-order valence-corrected chi connectivity index (χ4v) is 2.18. The summed E-state index contributed by atoms with van der Waals surface area (Å²) in [6.45, 7) is 7.63. The topological polar surface area (TPSA) is 44.9 Å². The lowest BCUT2D eigenvalue weighted by Gasteiger charge is -2.08. The van der Waals surface area contributed by atoms with E-state index in [0.717, 1.165) is 23.4 Å². The zero-order valence-electron chi connectivity index (χ0n) is 11.7. The molecule has 0 amide bonds. The van der Waals surface area contributed by atoms with Crippen LogP contribution in [0.4, 0.5) is 0 Å². The maximum atomic E-state index is 12.0. The molecule has 1 aromatic carbocycles. The van der Waals surface area contributed by atoms with E-state index in [0.29, 0.717) is 6.54 Å². The number of rotatable bonds is 4. The van der Waals surface area contributed by atoms with Crippen LogP contribution in [0, 0.1) is 13.8 Å². The van der Waals surface area contributed by atoms with Gasteiger partial charge in [-0.3, -0.25) is 4.79 Å². The molecule has 1 aromatic heterocycles. The van der Waals surface area contributed by atoms with Gasteiger partial charge in [-0.2, -0.15) is 0 Å². The second-order valence-electron chi connectivity index (χ2n) is 4.83. The van der Waals surface area contributed by atoms with Crippen molar-refractivity contribution in [2.75, 3.05) is 6.54 Å². The van der Waals surface area contributed by atoms with E-state index in [9.17, 15) is 4.79 Å². The molecule has 3 nitrogen and oxygen atoms in total. The number of hydrogen-bond donors (Lipinski definition) is 2. The van der Waals surface area contributed by atoms with Gasteiger partial charge >= 0.3 is 0 Å². The van der Waals surface area contributed by atoms with Crippen molar-refractivity contribution in [1.29, 1.82) is 0 Å². The predicted octanol–water partition coefficient (Wildman–Crippen LogP) is 2.77. The van der Waals surface area contributed by atoms with Crippen LogP contribution in [0.2, 0.25) is 0 Å². The number of aryl methyl sites for hydroxylation is 2. The Balaban J connectivity index is 2.36. The Morgan fingerprint density at radius 2 is 1.95 bits per heavy atom. The number of aromatic amines is 1. The Hall–Kier alpha value is -1.87. The summed E-state index contributed by atoms with van der Waals surface area (Å²) in [5, 5.41) is 3.16. The van der Waals surface area contributed by atoms with E-state index >= 15 is 0 Å². The SMILES string of the molecule is CCNCc1ccc(-c2ccc(C)cc2C)[nH]c1=O. The van der Waals surface area contributed by atoms with Crippen LogP contribution in [0.3, 0.4) is 0 Å². The second-order valence-corrected chi connectivity index (χ2v) is 4.83. The monoisotopic (exact) mass is 256 g/mol. The molecule has 2 N–H and O–H groups in total. The molecule has 100 valence electrons. The van der Waals surface area contributed by atoms with Crippen molar-refractivity contribution in [3.05, 3.63) is 57.4 Å². The maximum Gasteiger partial charge on any atom is 0.252 e. The molecule has 19 heavy (non-hydrogen) atoms. The van der Waals surface area contributed by atoms with Crippen molar-refractivity contribution in [2.24, 2.45) is 0 Å². The summed E-state index contributed by atoms with van der Waals surface area (Å²) in [4.78, 5) is 15.0. The molecule has 0 bridgehead atoms. The molecule has 0 unspecified atom stereocenters. The van der Waals surface area contributed by atoms with Crippen molar-refractivity contribution in [3.8, 4) is 11.3 Å². The molecule has 1 heterocycles. The summed E-state index contributed by atoms with van der Waals surface area (Å²) < 4.78 is 0. The highest BCUT2D eigenvalue weighted by atomic mass is 16.1. The highest BCUT2D eigenvalue weighted by Gasteiger charge is 2.05. The lowest BCUT2D eigenvalue weighted by atomic mass is 10.0. The lowest BCUT2D eigenvalue weighted by molar-refractivity contribution is 0.720. The van der Waals surface area contributed by atoms with Crippen molar-refractivity contribution in [2.45, 2.75) is 27.3 Å². The van der Waals surface area contributed by atoms with Gasteiger partial charge in [0, 0.05) is 23.4 Å². The number of aromatic nitrogens is 1. The number of benzene rings is 1. The first-order valence-corrected chi connectivity index (χ1v) is 6.62. The first-order chi connectivity index (χ1) is 9.11. The molecule has 2 rings (SSSR count). The van der Waals surface area contributed by atoms with Crippen LogP contribution in [0.1, 0.15) is 23.6 Å². The largest absolute Gasteiger partial charge is 0.322 e. The Kier molecular flexibility index (Phi) is 4.17. The van der Waals surface area contributed by atoms with Crippen molar-refractivity contribution < 1.29 is 0 Å². The minimum Gasteiger partial charge on any atom is -0.322 e. The summed E-state index contributed by atoms with van der Waals surface area (Å²) in [5.74, 6) is 0. The number of H-pyrrole nitrogens is 1. The van der Waals surface area contributed by atoms with Crippen molar-refractivity contribution >= 4 is 0 Å². The molecule has 0 fully saturated rings. The number of hydrogen-bond acceptors (Lipinski definition) is 2. The molecular weight excluding hydrogens is 236 g/mol. The Labute approximate surface area is 113 Å². The molecule has 0 aliphatic rings. The molecular formula is C16H20N2O. The lowest BCUT2D eigenvalue weighted by Crippen LogP contribution is -2.20. The van der Waals surface area contributed by atoms with Crippen LogP contribution >= 0.6 is 0 Å². The highest BCUT2D eigenvalue weighted by Crippen LogP contribution is 2.21. The van der Waals surface area contributed by atoms with Gasteiger partial charge in [-0.05, 0) is 32.0 Å². The Bertz CT molecular complexity index is 629. The van der Waals surface area contributed by atoms with E-state index in [-0.39, 0.29) is 5.56 Å². The number of pyridine rings is 1. The first-order valence-electron chi connectivity index (χ1n) is 6.62. The van der Waals surface area contributed by atoms with Gasteiger partial charge in [0.15, 0.2) is 0 Å². The van der Waals surface area contributed by atoms with Gasteiger partial charge in [-0.15, -0.1) is 0 Å². The molecule has 0 saturated heterocycles. The highest BCUT2D eigenvalue weighted by molar-refractivity contribution is 5.63. The molecule has 0 saturated carbocycles. The van der Waals surface area contributed by atoms with Gasteiger partial charge in [0.25, 0.3) is 5.56 Å². The fraction of sp³-hybridized carbons (Fsp3) is 0.312. The normalized spacial score (nSPS) is 10.7.